The van der Waals surface area contributed by atoms with E-state index in [9.17, 15) is 0 Å². The minimum atomic E-state index is 0.308. The molecule has 0 fully saturated rings. The lowest BCUT2D eigenvalue weighted by Crippen LogP contribution is -2.18. The van der Waals surface area contributed by atoms with Crippen LogP contribution in [0.5, 0.6) is 0 Å². The quantitative estimate of drug-likeness (QED) is 0.829. The van der Waals surface area contributed by atoms with E-state index < -0.39 is 0 Å². The van der Waals surface area contributed by atoms with Crippen LogP contribution in [0.25, 0.3) is 5.95 Å². The average Bonchev–Trinajstić information content (AvgIpc) is 2.92. The van der Waals surface area contributed by atoms with Crippen LogP contribution in [-0.2, 0) is 0 Å². The number of nitrogens with one attached hydrogen (secondary N) is 2. The molecular weight excluding hydrogens is 230 g/mol. The SMILES string of the molecule is CCC(C)Nc1nc(NC)nc(-n2cccn2)n1. The van der Waals surface area contributed by atoms with E-state index >= 15 is 0 Å². The van der Waals surface area contributed by atoms with Crippen LogP contribution in [0.3, 0.4) is 0 Å². The number of aromatic nitrogens is 5. The minimum Gasteiger partial charge on any atom is -0.357 e. The second-order valence-corrected chi connectivity index (χ2v) is 3.94. The maximum absolute atomic E-state index is 4.34. The van der Waals surface area contributed by atoms with Crippen LogP contribution in [-0.4, -0.2) is 37.8 Å². The van der Waals surface area contributed by atoms with Crippen LogP contribution in [0, 0.1) is 0 Å². The predicted octanol–water partition coefficient (Wildman–Crippen LogP) is 1.31. The summed E-state index contributed by atoms with van der Waals surface area (Å²) in [4.78, 5) is 12.9. The van der Waals surface area contributed by atoms with Crippen molar-refractivity contribution in [3.05, 3.63) is 18.5 Å². The summed E-state index contributed by atoms with van der Waals surface area (Å²) in [5.74, 6) is 1.56. The molecule has 0 aliphatic rings. The predicted molar refractivity (Wildman–Crippen MR) is 69.9 cm³/mol. The van der Waals surface area contributed by atoms with Gasteiger partial charge < -0.3 is 10.6 Å². The molecular formula is C11H17N7. The van der Waals surface area contributed by atoms with E-state index in [-0.39, 0.29) is 0 Å². The van der Waals surface area contributed by atoms with Crippen LogP contribution in [0.2, 0.25) is 0 Å². The zero-order valence-corrected chi connectivity index (χ0v) is 10.8. The first kappa shape index (κ1) is 12.3. The van der Waals surface area contributed by atoms with Gasteiger partial charge >= 0.3 is 0 Å². The summed E-state index contributed by atoms with van der Waals surface area (Å²) < 4.78 is 1.60. The molecule has 0 aliphatic carbocycles. The molecule has 0 amide bonds. The monoisotopic (exact) mass is 247 g/mol. The van der Waals surface area contributed by atoms with E-state index in [0.717, 1.165) is 6.42 Å². The van der Waals surface area contributed by atoms with Crippen molar-refractivity contribution in [2.75, 3.05) is 17.7 Å². The molecule has 1 unspecified atom stereocenters. The highest BCUT2D eigenvalue weighted by molar-refractivity contribution is 5.37. The molecule has 0 bridgehead atoms. The first-order valence-corrected chi connectivity index (χ1v) is 5.93. The smallest absolute Gasteiger partial charge is 0.257 e. The number of nitrogens with zero attached hydrogens (tertiary/aromatic N) is 5. The molecule has 0 aromatic carbocycles. The van der Waals surface area contributed by atoms with Crippen molar-refractivity contribution in [1.82, 2.24) is 24.7 Å². The Bertz CT molecular complexity index is 494. The summed E-state index contributed by atoms with van der Waals surface area (Å²) >= 11 is 0. The highest BCUT2D eigenvalue weighted by atomic mass is 15.4. The summed E-state index contributed by atoms with van der Waals surface area (Å²) in [5.41, 5.74) is 0. The van der Waals surface area contributed by atoms with Gasteiger partial charge in [-0.05, 0) is 19.4 Å². The van der Waals surface area contributed by atoms with E-state index in [1.54, 1.807) is 24.1 Å². The minimum absolute atomic E-state index is 0.308. The molecule has 2 rings (SSSR count). The van der Waals surface area contributed by atoms with Crippen molar-refractivity contribution in [2.24, 2.45) is 0 Å². The fraction of sp³-hybridized carbons (Fsp3) is 0.455. The van der Waals surface area contributed by atoms with Crippen LogP contribution in [0.1, 0.15) is 20.3 Å². The Morgan fingerprint density at radius 1 is 1.28 bits per heavy atom. The molecule has 7 heteroatoms. The van der Waals surface area contributed by atoms with Gasteiger partial charge in [0.1, 0.15) is 0 Å². The zero-order valence-electron chi connectivity index (χ0n) is 10.8. The lowest BCUT2D eigenvalue weighted by Gasteiger charge is -2.12. The Hall–Kier alpha value is -2.18. The highest BCUT2D eigenvalue weighted by Crippen LogP contribution is 2.09. The number of rotatable bonds is 5. The number of hydrogen-bond acceptors (Lipinski definition) is 6. The van der Waals surface area contributed by atoms with Gasteiger partial charge in [-0.2, -0.15) is 20.1 Å². The first-order chi connectivity index (χ1) is 8.72. The van der Waals surface area contributed by atoms with Crippen LogP contribution in [0.15, 0.2) is 18.5 Å². The third-order valence-corrected chi connectivity index (χ3v) is 2.54. The zero-order chi connectivity index (χ0) is 13.0. The molecule has 18 heavy (non-hydrogen) atoms. The molecule has 2 aromatic rings. The molecule has 96 valence electrons. The van der Waals surface area contributed by atoms with E-state index in [4.69, 9.17) is 0 Å². The molecule has 0 spiro atoms. The van der Waals surface area contributed by atoms with Crippen molar-refractivity contribution in [3.63, 3.8) is 0 Å². The number of hydrogen-bond donors (Lipinski definition) is 2. The fourth-order valence-corrected chi connectivity index (χ4v) is 1.35. The van der Waals surface area contributed by atoms with Gasteiger partial charge in [-0.3, -0.25) is 0 Å². The maximum Gasteiger partial charge on any atom is 0.257 e. The Kier molecular flexibility index (Phi) is 3.71. The average molecular weight is 247 g/mol. The summed E-state index contributed by atoms with van der Waals surface area (Å²) in [5, 5.41) is 10.3. The Morgan fingerprint density at radius 2 is 2.06 bits per heavy atom. The number of anilines is 2. The van der Waals surface area contributed by atoms with Gasteiger partial charge in [-0.1, -0.05) is 6.92 Å². The Labute approximate surface area is 106 Å². The Balaban J connectivity index is 2.33. The Morgan fingerprint density at radius 3 is 2.67 bits per heavy atom. The highest BCUT2D eigenvalue weighted by Gasteiger charge is 2.09. The normalized spacial score (nSPS) is 12.2. The van der Waals surface area contributed by atoms with Crippen LogP contribution >= 0.6 is 0 Å². The van der Waals surface area contributed by atoms with Crippen molar-refractivity contribution in [2.45, 2.75) is 26.3 Å². The first-order valence-electron chi connectivity index (χ1n) is 5.93. The van der Waals surface area contributed by atoms with E-state index in [2.05, 4.69) is 44.5 Å². The molecule has 0 saturated carbocycles. The molecule has 1 atom stereocenters. The van der Waals surface area contributed by atoms with Crippen molar-refractivity contribution in [3.8, 4) is 5.95 Å². The summed E-state index contributed by atoms with van der Waals surface area (Å²) in [6, 6.07) is 2.13. The molecule has 0 radical (unpaired) electrons. The standard InChI is InChI=1S/C11H17N7/c1-4-8(2)14-10-15-9(12-3)16-11(17-10)18-7-5-6-13-18/h5-8H,4H2,1-3H3,(H2,12,14,15,16,17). The van der Waals surface area contributed by atoms with E-state index in [0.29, 0.717) is 23.9 Å². The topological polar surface area (TPSA) is 80.5 Å². The fourth-order valence-electron chi connectivity index (χ4n) is 1.35. The van der Waals surface area contributed by atoms with E-state index in [1.807, 2.05) is 6.07 Å². The molecule has 0 saturated heterocycles. The van der Waals surface area contributed by atoms with Gasteiger partial charge in [0.25, 0.3) is 5.95 Å². The van der Waals surface area contributed by atoms with Gasteiger partial charge in [0, 0.05) is 25.5 Å². The van der Waals surface area contributed by atoms with Crippen molar-refractivity contribution >= 4 is 11.9 Å². The van der Waals surface area contributed by atoms with Crippen molar-refractivity contribution in [1.29, 1.82) is 0 Å². The molecule has 2 aromatic heterocycles. The van der Waals surface area contributed by atoms with Gasteiger partial charge in [0.05, 0.1) is 0 Å². The second kappa shape index (κ2) is 5.44. The largest absolute Gasteiger partial charge is 0.357 e. The summed E-state index contributed by atoms with van der Waals surface area (Å²) in [7, 11) is 1.77. The third-order valence-electron chi connectivity index (χ3n) is 2.54. The third kappa shape index (κ3) is 2.73. The van der Waals surface area contributed by atoms with Gasteiger partial charge in [-0.25, -0.2) is 4.68 Å². The second-order valence-electron chi connectivity index (χ2n) is 3.94. The molecule has 2 heterocycles. The molecule has 2 N–H and O–H groups in total. The molecule has 0 aliphatic heterocycles. The van der Waals surface area contributed by atoms with Crippen molar-refractivity contribution < 1.29 is 0 Å². The summed E-state index contributed by atoms with van der Waals surface area (Å²) in [6.45, 7) is 4.18. The van der Waals surface area contributed by atoms with Crippen LogP contribution in [0.4, 0.5) is 11.9 Å². The van der Waals surface area contributed by atoms with Gasteiger partial charge in [0.15, 0.2) is 0 Å². The summed E-state index contributed by atoms with van der Waals surface area (Å²) in [6.07, 6.45) is 4.48. The lowest BCUT2D eigenvalue weighted by atomic mass is 10.3. The van der Waals surface area contributed by atoms with E-state index in [1.165, 1.54) is 0 Å². The van der Waals surface area contributed by atoms with Gasteiger partial charge in [0.2, 0.25) is 11.9 Å². The van der Waals surface area contributed by atoms with Crippen LogP contribution < -0.4 is 10.6 Å². The maximum atomic E-state index is 4.34. The lowest BCUT2D eigenvalue weighted by molar-refractivity contribution is 0.740. The molecule has 7 nitrogen and oxygen atoms in total. The van der Waals surface area contributed by atoms with Gasteiger partial charge in [-0.15, -0.1) is 0 Å².